The Morgan fingerprint density at radius 2 is 2.07 bits per heavy atom. The van der Waals surface area contributed by atoms with E-state index in [1.807, 2.05) is 38.2 Å². The summed E-state index contributed by atoms with van der Waals surface area (Å²) in [5, 5.41) is 7.44. The number of aryl methyl sites for hydroxylation is 1. The van der Waals surface area contributed by atoms with Crippen molar-refractivity contribution in [2.45, 2.75) is 19.6 Å². The summed E-state index contributed by atoms with van der Waals surface area (Å²) in [5.41, 5.74) is 1.81. The largest absolute Gasteiger partial charge is 0.493 e. The van der Waals surface area contributed by atoms with Crippen molar-refractivity contribution in [1.82, 2.24) is 14.7 Å². The van der Waals surface area contributed by atoms with E-state index in [0.29, 0.717) is 37.0 Å². The predicted molar refractivity (Wildman–Crippen MR) is 101 cm³/mol. The predicted octanol–water partition coefficient (Wildman–Crippen LogP) is 1.53. The van der Waals surface area contributed by atoms with Crippen LogP contribution in [-0.2, 0) is 16.1 Å². The highest BCUT2D eigenvalue weighted by Gasteiger charge is 2.25. The van der Waals surface area contributed by atoms with Gasteiger partial charge in [0.1, 0.15) is 11.9 Å². The first-order valence-electron chi connectivity index (χ1n) is 8.86. The number of carbonyl (C=O) groups excluding carboxylic acids is 1. The first-order chi connectivity index (χ1) is 13.0. The molecule has 1 atom stereocenters. The van der Waals surface area contributed by atoms with Crippen molar-refractivity contribution >= 4 is 11.7 Å². The molecule has 27 heavy (non-hydrogen) atoms. The van der Waals surface area contributed by atoms with Gasteiger partial charge in [-0.05, 0) is 31.7 Å². The van der Waals surface area contributed by atoms with Gasteiger partial charge in [0.25, 0.3) is 5.91 Å². The molecule has 1 aromatic carbocycles. The minimum atomic E-state index is -0.478. The fourth-order valence-corrected chi connectivity index (χ4v) is 3.06. The SMILES string of the molecule is COc1ccc(Cn2nc(C)cc2NC(=O)C2CN(C)CCO2)cc1OC. The van der Waals surface area contributed by atoms with E-state index >= 15 is 0 Å². The molecule has 1 amide bonds. The third kappa shape index (κ3) is 4.58. The highest BCUT2D eigenvalue weighted by Crippen LogP contribution is 2.28. The number of likely N-dealkylation sites (N-methyl/N-ethyl adjacent to an activating group) is 1. The van der Waals surface area contributed by atoms with Gasteiger partial charge in [0.15, 0.2) is 11.5 Å². The van der Waals surface area contributed by atoms with E-state index in [0.717, 1.165) is 17.8 Å². The maximum Gasteiger partial charge on any atom is 0.255 e. The molecule has 1 aliphatic heterocycles. The number of morpholine rings is 1. The van der Waals surface area contributed by atoms with Gasteiger partial charge in [-0.1, -0.05) is 6.07 Å². The molecule has 3 rings (SSSR count). The highest BCUT2D eigenvalue weighted by molar-refractivity contribution is 5.93. The number of methoxy groups -OCH3 is 2. The Labute approximate surface area is 159 Å². The Balaban J connectivity index is 1.75. The van der Waals surface area contributed by atoms with Crippen LogP contribution < -0.4 is 14.8 Å². The molecule has 146 valence electrons. The molecule has 0 bridgehead atoms. The number of aromatic nitrogens is 2. The number of anilines is 1. The summed E-state index contributed by atoms with van der Waals surface area (Å²) in [4.78, 5) is 14.7. The molecule has 2 heterocycles. The van der Waals surface area contributed by atoms with Crippen molar-refractivity contribution in [2.24, 2.45) is 0 Å². The number of nitrogens with one attached hydrogen (secondary N) is 1. The van der Waals surface area contributed by atoms with Gasteiger partial charge in [-0.2, -0.15) is 5.10 Å². The summed E-state index contributed by atoms with van der Waals surface area (Å²) in [6.07, 6.45) is -0.478. The monoisotopic (exact) mass is 374 g/mol. The standard InChI is InChI=1S/C19H26N4O4/c1-13-9-18(20-19(24)17-12-22(2)7-8-27-17)23(21-13)11-14-5-6-15(25-3)16(10-14)26-4/h5-6,9-10,17H,7-8,11-12H2,1-4H3,(H,20,24). The maximum atomic E-state index is 12.6. The van der Waals surface area contributed by atoms with E-state index in [4.69, 9.17) is 14.2 Å². The van der Waals surface area contributed by atoms with Crippen molar-refractivity contribution in [3.8, 4) is 11.5 Å². The van der Waals surface area contributed by atoms with Gasteiger partial charge in [0, 0.05) is 19.2 Å². The third-order valence-corrected chi connectivity index (χ3v) is 4.50. The van der Waals surface area contributed by atoms with Crippen LogP contribution in [-0.4, -0.2) is 67.7 Å². The first-order valence-corrected chi connectivity index (χ1v) is 8.86. The summed E-state index contributed by atoms with van der Waals surface area (Å²) in [5.74, 6) is 1.81. The summed E-state index contributed by atoms with van der Waals surface area (Å²) in [6.45, 7) is 4.36. The van der Waals surface area contributed by atoms with Gasteiger partial charge >= 0.3 is 0 Å². The minimum Gasteiger partial charge on any atom is -0.493 e. The third-order valence-electron chi connectivity index (χ3n) is 4.50. The molecule has 1 fully saturated rings. The second-order valence-corrected chi connectivity index (χ2v) is 6.63. The van der Waals surface area contributed by atoms with Gasteiger partial charge < -0.3 is 24.4 Å². The molecule has 0 radical (unpaired) electrons. The molecule has 1 N–H and O–H groups in total. The average Bonchev–Trinajstić information content (AvgIpc) is 3.00. The van der Waals surface area contributed by atoms with Gasteiger partial charge in [-0.25, -0.2) is 4.68 Å². The Morgan fingerprint density at radius 1 is 1.30 bits per heavy atom. The number of benzene rings is 1. The van der Waals surface area contributed by atoms with E-state index in [-0.39, 0.29) is 5.91 Å². The fraction of sp³-hybridized carbons (Fsp3) is 0.474. The Kier molecular flexibility index (Phi) is 5.98. The summed E-state index contributed by atoms with van der Waals surface area (Å²) in [6, 6.07) is 7.56. The van der Waals surface area contributed by atoms with Crippen molar-refractivity contribution < 1.29 is 19.0 Å². The lowest BCUT2D eigenvalue weighted by Crippen LogP contribution is -2.46. The number of nitrogens with zero attached hydrogens (tertiary/aromatic N) is 3. The number of hydrogen-bond acceptors (Lipinski definition) is 6. The van der Waals surface area contributed by atoms with E-state index < -0.39 is 6.10 Å². The Morgan fingerprint density at radius 3 is 2.78 bits per heavy atom. The summed E-state index contributed by atoms with van der Waals surface area (Å²) in [7, 11) is 5.19. The van der Waals surface area contributed by atoms with Crippen molar-refractivity contribution in [3.63, 3.8) is 0 Å². The quantitative estimate of drug-likeness (QED) is 0.826. The second-order valence-electron chi connectivity index (χ2n) is 6.63. The Bertz CT molecular complexity index is 805. The maximum absolute atomic E-state index is 12.6. The molecule has 0 aliphatic carbocycles. The lowest BCUT2D eigenvalue weighted by atomic mass is 10.2. The second kappa shape index (κ2) is 8.41. The molecule has 1 aliphatic rings. The minimum absolute atomic E-state index is 0.157. The van der Waals surface area contributed by atoms with Crippen LogP contribution in [0.3, 0.4) is 0 Å². The first kappa shape index (κ1) is 19.2. The molecule has 8 nitrogen and oxygen atoms in total. The lowest BCUT2D eigenvalue weighted by molar-refractivity contribution is -0.132. The Hall–Kier alpha value is -2.58. The van der Waals surface area contributed by atoms with E-state index in [1.54, 1.807) is 18.9 Å². The van der Waals surface area contributed by atoms with E-state index in [1.165, 1.54) is 0 Å². The molecule has 1 unspecified atom stereocenters. The highest BCUT2D eigenvalue weighted by atomic mass is 16.5. The van der Waals surface area contributed by atoms with Crippen LogP contribution in [0, 0.1) is 6.92 Å². The molecule has 0 saturated carbocycles. The molecule has 8 heteroatoms. The van der Waals surface area contributed by atoms with Gasteiger partial charge in [0.2, 0.25) is 0 Å². The molecule has 1 saturated heterocycles. The number of hydrogen-bond donors (Lipinski definition) is 1. The topological polar surface area (TPSA) is 77.9 Å². The molecule has 0 spiro atoms. The zero-order valence-electron chi connectivity index (χ0n) is 16.2. The number of carbonyl (C=O) groups is 1. The van der Waals surface area contributed by atoms with Crippen LogP contribution in [0.25, 0.3) is 0 Å². The molecule has 1 aromatic heterocycles. The number of ether oxygens (including phenoxy) is 3. The van der Waals surface area contributed by atoms with Gasteiger partial charge in [0.05, 0.1) is 33.1 Å². The van der Waals surface area contributed by atoms with Crippen molar-refractivity contribution in [1.29, 1.82) is 0 Å². The van der Waals surface area contributed by atoms with Crippen molar-refractivity contribution in [2.75, 3.05) is 46.3 Å². The van der Waals surface area contributed by atoms with Crippen LogP contribution in [0.5, 0.6) is 11.5 Å². The van der Waals surface area contributed by atoms with Crippen LogP contribution in [0.15, 0.2) is 24.3 Å². The van der Waals surface area contributed by atoms with Gasteiger partial charge in [-0.15, -0.1) is 0 Å². The zero-order valence-corrected chi connectivity index (χ0v) is 16.2. The normalized spacial score (nSPS) is 17.6. The molecular formula is C19H26N4O4. The summed E-state index contributed by atoms with van der Waals surface area (Å²) < 4.78 is 18.0. The van der Waals surface area contributed by atoms with Crippen LogP contribution in [0.4, 0.5) is 5.82 Å². The zero-order chi connectivity index (χ0) is 19.4. The number of amides is 1. The molecular weight excluding hydrogens is 348 g/mol. The fourth-order valence-electron chi connectivity index (χ4n) is 3.06. The van der Waals surface area contributed by atoms with E-state index in [9.17, 15) is 4.79 Å². The lowest BCUT2D eigenvalue weighted by Gasteiger charge is -2.29. The van der Waals surface area contributed by atoms with Crippen LogP contribution in [0.1, 0.15) is 11.3 Å². The van der Waals surface area contributed by atoms with Crippen molar-refractivity contribution in [3.05, 3.63) is 35.5 Å². The molecule has 2 aromatic rings. The van der Waals surface area contributed by atoms with Crippen LogP contribution in [0.2, 0.25) is 0 Å². The number of rotatable bonds is 6. The van der Waals surface area contributed by atoms with Gasteiger partial charge in [-0.3, -0.25) is 4.79 Å². The van der Waals surface area contributed by atoms with E-state index in [2.05, 4.69) is 15.3 Å². The summed E-state index contributed by atoms with van der Waals surface area (Å²) >= 11 is 0. The van der Waals surface area contributed by atoms with Crippen LogP contribution >= 0.6 is 0 Å². The smallest absolute Gasteiger partial charge is 0.255 e. The average molecular weight is 374 g/mol.